The third kappa shape index (κ3) is 1.91. The number of aryl methyl sites for hydroxylation is 1. The normalized spacial score (nSPS) is 10.9. The zero-order chi connectivity index (χ0) is 15.1. The zero-order valence-electron chi connectivity index (χ0n) is 11.7. The Labute approximate surface area is 130 Å². The van der Waals surface area contributed by atoms with E-state index in [2.05, 4.69) is 56.5 Å². The number of benzene rings is 1. The van der Waals surface area contributed by atoms with Gasteiger partial charge >= 0.3 is 0 Å². The van der Waals surface area contributed by atoms with Crippen LogP contribution in [0.2, 0.25) is 0 Å². The Balaban J connectivity index is 1.80. The van der Waals surface area contributed by atoms with E-state index in [1.807, 2.05) is 19.2 Å². The predicted octanol–water partition coefficient (Wildman–Crippen LogP) is 3.56. The Bertz CT molecular complexity index is 1010. The quantitative estimate of drug-likeness (QED) is 0.615. The van der Waals surface area contributed by atoms with E-state index in [9.17, 15) is 0 Å². The minimum absolute atomic E-state index is 0.325. The summed E-state index contributed by atoms with van der Waals surface area (Å²) in [5.74, 6) is 0. The minimum atomic E-state index is 0.325. The minimum Gasteiger partial charge on any atom is -0.351 e. The van der Waals surface area contributed by atoms with Crippen molar-refractivity contribution in [3.05, 3.63) is 48.3 Å². The third-order valence-electron chi connectivity index (χ3n) is 3.67. The predicted molar refractivity (Wildman–Crippen MR) is 86.3 cm³/mol. The van der Waals surface area contributed by atoms with Gasteiger partial charge in [-0.25, -0.2) is 0 Å². The van der Waals surface area contributed by atoms with Crippen molar-refractivity contribution in [2.45, 2.75) is 0 Å². The molecule has 22 heavy (non-hydrogen) atoms. The van der Waals surface area contributed by atoms with Gasteiger partial charge in [0.2, 0.25) is 0 Å². The van der Waals surface area contributed by atoms with Crippen LogP contribution >= 0.6 is 11.3 Å². The molecule has 0 aliphatic carbocycles. The van der Waals surface area contributed by atoms with Gasteiger partial charge in [0.05, 0.1) is 4.88 Å². The molecule has 1 aromatic carbocycles. The highest BCUT2D eigenvalue weighted by atomic mass is 32.1. The van der Waals surface area contributed by atoms with Crippen LogP contribution in [-0.4, -0.2) is 20.0 Å². The average Bonchev–Trinajstić information content (AvgIpc) is 3.25. The number of H-pyrrole nitrogens is 1. The van der Waals surface area contributed by atoms with Crippen molar-refractivity contribution in [3.63, 3.8) is 0 Å². The number of aromatic amines is 1. The first-order valence-electron chi connectivity index (χ1n) is 6.73. The number of nitrogens with zero attached hydrogens (tertiary/aromatic N) is 4. The van der Waals surface area contributed by atoms with E-state index in [0.29, 0.717) is 11.4 Å². The van der Waals surface area contributed by atoms with Crippen LogP contribution < -0.4 is 0 Å². The second-order valence-corrected chi connectivity index (χ2v) is 6.08. The average molecular weight is 305 g/mol. The van der Waals surface area contributed by atoms with E-state index >= 15 is 0 Å². The SMILES string of the molecule is Cn1ccc2ccc(-c3ccc(-c4n[nH]nc4C#N)s3)cc21. The standard InChI is InChI=1S/C16H11N5S/c1-21-7-6-10-2-3-11(8-13(10)21)14-4-5-15(22-14)16-12(9-17)18-20-19-16/h2-8H,1H3,(H,18,19,20). The van der Waals surface area contributed by atoms with Gasteiger partial charge < -0.3 is 4.57 Å². The number of hydrogen-bond acceptors (Lipinski definition) is 4. The van der Waals surface area contributed by atoms with Gasteiger partial charge in [0, 0.05) is 23.6 Å². The summed E-state index contributed by atoms with van der Waals surface area (Å²) in [4.78, 5) is 2.08. The molecule has 0 bridgehead atoms. The maximum atomic E-state index is 9.05. The summed E-state index contributed by atoms with van der Waals surface area (Å²) in [6, 6.07) is 14.6. The van der Waals surface area contributed by atoms with Gasteiger partial charge in [0.1, 0.15) is 11.8 Å². The summed E-state index contributed by atoms with van der Waals surface area (Å²) in [6.07, 6.45) is 2.06. The maximum absolute atomic E-state index is 9.05. The smallest absolute Gasteiger partial charge is 0.191 e. The first-order valence-corrected chi connectivity index (χ1v) is 7.54. The van der Waals surface area contributed by atoms with Crippen molar-refractivity contribution >= 4 is 22.2 Å². The Morgan fingerprint density at radius 1 is 1.14 bits per heavy atom. The molecule has 0 radical (unpaired) electrons. The Morgan fingerprint density at radius 3 is 2.86 bits per heavy atom. The van der Waals surface area contributed by atoms with Crippen LogP contribution in [0.1, 0.15) is 5.69 Å². The number of fused-ring (bicyclic) bond motifs is 1. The molecule has 106 valence electrons. The van der Waals surface area contributed by atoms with Gasteiger partial charge in [-0.05, 0) is 35.2 Å². The highest BCUT2D eigenvalue weighted by Gasteiger charge is 2.13. The van der Waals surface area contributed by atoms with Crippen molar-refractivity contribution < 1.29 is 0 Å². The van der Waals surface area contributed by atoms with Crippen molar-refractivity contribution in [2.75, 3.05) is 0 Å². The Hall–Kier alpha value is -2.91. The van der Waals surface area contributed by atoms with Crippen LogP contribution in [0.5, 0.6) is 0 Å². The summed E-state index contributed by atoms with van der Waals surface area (Å²) < 4.78 is 2.11. The topological polar surface area (TPSA) is 70.3 Å². The van der Waals surface area contributed by atoms with E-state index in [-0.39, 0.29) is 0 Å². The molecule has 6 heteroatoms. The van der Waals surface area contributed by atoms with E-state index < -0.39 is 0 Å². The van der Waals surface area contributed by atoms with Gasteiger partial charge in [0.15, 0.2) is 5.69 Å². The first-order chi connectivity index (χ1) is 10.8. The van der Waals surface area contributed by atoms with E-state index in [0.717, 1.165) is 15.3 Å². The first kappa shape index (κ1) is 12.8. The second-order valence-electron chi connectivity index (χ2n) is 5.00. The van der Waals surface area contributed by atoms with Crippen LogP contribution in [-0.2, 0) is 7.05 Å². The molecule has 3 aromatic heterocycles. The largest absolute Gasteiger partial charge is 0.351 e. The number of rotatable bonds is 2. The molecule has 0 spiro atoms. The van der Waals surface area contributed by atoms with Crippen LogP contribution in [0.4, 0.5) is 0 Å². The molecule has 0 fully saturated rings. The molecule has 5 nitrogen and oxygen atoms in total. The number of thiophene rings is 1. The lowest BCUT2D eigenvalue weighted by Crippen LogP contribution is -1.83. The van der Waals surface area contributed by atoms with Crippen molar-refractivity contribution in [1.29, 1.82) is 5.26 Å². The summed E-state index contributed by atoms with van der Waals surface area (Å²) in [5.41, 5.74) is 3.30. The Kier molecular flexibility index (Phi) is 2.81. The molecular weight excluding hydrogens is 294 g/mol. The number of hydrogen-bond donors (Lipinski definition) is 1. The molecular formula is C16H11N5S. The molecule has 3 heterocycles. The fraction of sp³-hybridized carbons (Fsp3) is 0.0625. The van der Waals surface area contributed by atoms with Crippen LogP contribution in [0, 0.1) is 11.3 Å². The molecule has 0 unspecified atom stereocenters. The fourth-order valence-electron chi connectivity index (χ4n) is 2.52. The van der Waals surface area contributed by atoms with Crippen LogP contribution in [0.15, 0.2) is 42.6 Å². The molecule has 4 aromatic rings. The zero-order valence-corrected chi connectivity index (χ0v) is 12.6. The molecule has 0 saturated carbocycles. The molecule has 0 saturated heterocycles. The molecule has 4 rings (SSSR count). The maximum Gasteiger partial charge on any atom is 0.191 e. The van der Waals surface area contributed by atoms with E-state index in [1.54, 1.807) is 11.3 Å². The summed E-state index contributed by atoms with van der Waals surface area (Å²) in [6.45, 7) is 0. The molecule has 0 amide bonds. The lowest BCUT2D eigenvalue weighted by Gasteiger charge is -2.00. The van der Waals surface area contributed by atoms with Crippen LogP contribution in [0.25, 0.3) is 31.9 Å². The van der Waals surface area contributed by atoms with Gasteiger partial charge in [-0.1, -0.05) is 12.1 Å². The molecule has 1 N–H and O–H groups in total. The van der Waals surface area contributed by atoms with Gasteiger partial charge in [-0.15, -0.1) is 16.4 Å². The number of nitriles is 1. The highest BCUT2D eigenvalue weighted by Crippen LogP contribution is 2.35. The van der Waals surface area contributed by atoms with Crippen molar-refractivity contribution in [2.24, 2.45) is 7.05 Å². The van der Waals surface area contributed by atoms with Gasteiger partial charge in [-0.2, -0.15) is 15.6 Å². The molecule has 0 aliphatic rings. The lowest BCUT2D eigenvalue weighted by atomic mass is 10.1. The van der Waals surface area contributed by atoms with Crippen molar-refractivity contribution in [3.8, 4) is 27.1 Å². The van der Waals surface area contributed by atoms with Crippen LogP contribution in [0.3, 0.4) is 0 Å². The number of aromatic nitrogens is 4. The summed E-state index contributed by atoms with van der Waals surface area (Å²) in [7, 11) is 2.04. The molecule has 0 atom stereocenters. The van der Waals surface area contributed by atoms with E-state index in [1.165, 1.54) is 10.9 Å². The summed E-state index contributed by atoms with van der Waals surface area (Å²) >= 11 is 1.61. The lowest BCUT2D eigenvalue weighted by molar-refractivity contribution is 0.937. The van der Waals surface area contributed by atoms with E-state index in [4.69, 9.17) is 5.26 Å². The second kappa shape index (κ2) is 4.83. The highest BCUT2D eigenvalue weighted by molar-refractivity contribution is 7.18. The summed E-state index contributed by atoms with van der Waals surface area (Å²) in [5, 5.41) is 20.7. The third-order valence-corrected chi connectivity index (χ3v) is 4.81. The fourth-order valence-corrected chi connectivity index (χ4v) is 3.51. The Morgan fingerprint density at radius 2 is 2.00 bits per heavy atom. The van der Waals surface area contributed by atoms with Crippen molar-refractivity contribution in [1.82, 2.24) is 20.0 Å². The monoisotopic (exact) mass is 305 g/mol. The van der Waals surface area contributed by atoms with Gasteiger partial charge in [-0.3, -0.25) is 0 Å². The van der Waals surface area contributed by atoms with Gasteiger partial charge in [0.25, 0.3) is 0 Å². The molecule has 0 aliphatic heterocycles. The number of nitrogens with one attached hydrogen (secondary N) is 1.